The molecule has 1 aliphatic carbocycles. The standard InChI is InChI=1S/C31H33F4N7O3/c1-12-19-20-26(38-23(12)27(43)41-30-8-15(30)9-44-11-30)42-10-29(4)6-5-17(40-29)25(42)14(3)45-28(20)39-24(22(19)32)16-7-18(36)37-13(2)21(16)31(33,34)35/h7,14-15,17,25,40H,5-6,8-11H2,1-4H3,(H2,36,37)(H,41,43). The molecule has 4 aliphatic heterocycles. The van der Waals surface area contributed by atoms with E-state index < -0.39 is 52.1 Å². The zero-order valence-electron chi connectivity index (χ0n) is 25.2. The van der Waals surface area contributed by atoms with Gasteiger partial charge in [0.2, 0.25) is 5.88 Å². The summed E-state index contributed by atoms with van der Waals surface area (Å²) in [6.07, 6.45) is -2.83. The number of pyridine rings is 3. The number of aromatic nitrogens is 3. The number of rotatable bonds is 3. The van der Waals surface area contributed by atoms with Gasteiger partial charge in [-0.05, 0) is 58.6 Å². The highest BCUT2D eigenvalue weighted by molar-refractivity contribution is 6.07. The van der Waals surface area contributed by atoms with Gasteiger partial charge in [0, 0.05) is 35.0 Å². The van der Waals surface area contributed by atoms with E-state index in [9.17, 15) is 18.0 Å². The molecule has 10 nitrogen and oxygen atoms in total. The maximum absolute atomic E-state index is 17.0. The van der Waals surface area contributed by atoms with Crippen molar-refractivity contribution in [2.24, 2.45) is 5.92 Å². The predicted octanol–water partition coefficient (Wildman–Crippen LogP) is 4.05. The van der Waals surface area contributed by atoms with Crippen molar-refractivity contribution in [1.29, 1.82) is 0 Å². The lowest BCUT2D eigenvalue weighted by atomic mass is 9.95. The van der Waals surface area contributed by atoms with Crippen LogP contribution in [0.3, 0.4) is 0 Å². The van der Waals surface area contributed by atoms with E-state index in [0.29, 0.717) is 25.6 Å². The van der Waals surface area contributed by atoms with Crippen molar-refractivity contribution in [3.63, 3.8) is 0 Å². The summed E-state index contributed by atoms with van der Waals surface area (Å²) in [7, 11) is 0. The Labute approximate surface area is 256 Å². The third kappa shape index (κ3) is 4.13. The van der Waals surface area contributed by atoms with Gasteiger partial charge in [-0.25, -0.2) is 19.3 Å². The predicted molar refractivity (Wildman–Crippen MR) is 157 cm³/mol. The zero-order valence-corrected chi connectivity index (χ0v) is 25.2. The zero-order chi connectivity index (χ0) is 31.8. The molecule has 1 amide bonds. The first-order valence-corrected chi connectivity index (χ1v) is 15.2. The molecule has 5 aliphatic rings. The van der Waals surface area contributed by atoms with E-state index in [4.69, 9.17) is 20.2 Å². The molecule has 6 unspecified atom stereocenters. The van der Waals surface area contributed by atoms with E-state index in [1.54, 1.807) is 6.92 Å². The molecule has 2 bridgehead atoms. The van der Waals surface area contributed by atoms with Crippen LogP contribution in [0.2, 0.25) is 0 Å². The van der Waals surface area contributed by atoms with Crippen LogP contribution in [0.25, 0.3) is 22.0 Å². The van der Waals surface area contributed by atoms with Crippen molar-refractivity contribution in [2.75, 3.05) is 30.4 Å². The van der Waals surface area contributed by atoms with Gasteiger partial charge in [-0.1, -0.05) is 0 Å². The SMILES string of the molecule is Cc1nc(N)cc(-c2nc3c4c(nc(C(=O)NC56COCC5C6)c(C)c4c2F)N2CC4(C)CCC(N4)C2C(C)O3)c1C(F)(F)F. The number of fused-ring (bicyclic) bond motifs is 6. The summed E-state index contributed by atoms with van der Waals surface area (Å²) in [5, 5.41) is 6.93. The topological polar surface area (TPSA) is 128 Å². The van der Waals surface area contributed by atoms with Crippen LogP contribution in [0.5, 0.6) is 5.88 Å². The molecule has 0 spiro atoms. The Hall–Kier alpha value is -3.78. The summed E-state index contributed by atoms with van der Waals surface area (Å²) < 4.78 is 72.3. The summed E-state index contributed by atoms with van der Waals surface area (Å²) >= 11 is 0. The third-order valence-electron chi connectivity index (χ3n) is 10.4. The fourth-order valence-corrected chi connectivity index (χ4v) is 8.22. The van der Waals surface area contributed by atoms with E-state index in [1.807, 2.05) is 6.92 Å². The number of amides is 1. The van der Waals surface area contributed by atoms with Crippen molar-refractivity contribution in [2.45, 2.75) is 82.4 Å². The third-order valence-corrected chi connectivity index (χ3v) is 10.4. The number of hydrogen-bond acceptors (Lipinski definition) is 9. The second-order valence-electron chi connectivity index (χ2n) is 13.6. The van der Waals surface area contributed by atoms with Crippen LogP contribution >= 0.6 is 0 Å². The molecule has 238 valence electrons. The lowest BCUT2D eigenvalue weighted by Gasteiger charge is -2.46. The number of anilines is 2. The molecule has 0 radical (unpaired) electrons. The number of hydrogen-bond donors (Lipinski definition) is 3. The van der Waals surface area contributed by atoms with E-state index >= 15 is 4.39 Å². The number of halogens is 4. The van der Waals surface area contributed by atoms with Gasteiger partial charge < -0.3 is 30.7 Å². The quantitative estimate of drug-likeness (QED) is 0.369. The van der Waals surface area contributed by atoms with Crippen LogP contribution in [-0.4, -0.2) is 69.9 Å². The second kappa shape index (κ2) is 9.15. The maximum atomic E-state index is 17.0. The molecule has 6 atom stereocenters. The van der Waals surface area contributed by atoms with Gasteiger partial charge >= 0.3 is 6.18 Å². The Bertz CT molecular complexity index is 1820. The smallest absolute Gasteiger partial charge is 0.418 e. The Balaban J connectivity index is 1.41. The van der Waals surface area contributed by atoms with Gasteiger partial charge in [-0.2, -0.15) is 13.2 Å². The molecule has 14 heteroatoms. The highest BCUT2D eigenvalue weighted by Gasteiger charge is 2.60. The van der Waals surface area contributed by atoms with Gasteiger partial charge in [0.1, 0.15) is 29.1 Å². The molecule has 4 fully saturated rings. The molecule has 7 heterocycles. The maximum Gasteiger partial charge on any atom is 0.418 e. The summed E-state index contributed by atoms with van der Waals surface area (Å²) in [5.74, 6) is -1.24. The molecule has 4 N–H and O–H groups in total. The average molecular weight is 628 g/mol. The second-order valence-corrected chi connectivity index (χ2v) is 13.6. The highest BCUT2D eigenvalue weighted by Crippen LogP contribution is 2.50. The number of aryl methyl sites for hydroxylation is 2. The van der Waals surface area contributed by atoms with Gasteiger partial charge in [0.05, 0.1) is 41.4 Å². The van der Waals surface area contributed by atoms with Gasteiger partial charge in [0.15, 0.2) is 5.82 Å². The molecular weight excluding hydrogens is 594 g/mol. The fraction of sp³-hybridized carbons (Fsp3) is 0.548. The first kappa shape index (κ1) is 28.7. The highest BCUT2D eigenvalue weighted by atomic mass is 19.4. The monoisotopic (exact) mass is 627 g/mol. The van der Waals surface area contributed by atoms with Gasteiger partial charge in [-0.3, -0.25) is 4.79 Å². The number of nitrogens with two attached hydrogens (primary N) is 1. The molecule has 3 aromatic heterocycles. The summed E-state index contributed by atoms with van der Waals surface area (Å²) in [6.45, 7) is 8.14. The molecule has 1 saturated carbocycles. The van der Waals surface area contributed by atoms with Gasteiger partial charge in [-0.15, -0.1) is 0 Å². The molecule has 3 saturated heterocycles. The number of carbonyl (C=O) groups excluding carboxylic acids is 1. The van der Waals surface area contributed by atoms with Crippen LogP contribution in [-0.2, 0) is 10.9 Å². The van der Waals surface area contributed by atoms with Crippen LogP contribution in [0, 0.1) is 25.6 Å². The number of nitrogen functional groups attached to an aromatic ring is 1. The largest absolute Gasteiger partial charge is 0.472 e. The number of alkyl halides is 3. The Kier molecular flexibility index (Phi) is 5.83. The molecule has 0 aromatic carbocycles. The lowest BCUT2D eigenvalue weighted by Crippen LogP contribution is -2.66. The number of carbonyl (C=O) groups is 1. The van der Waals surface area contributed by atoms with Crippen molar-refractivity contribution in [3.05, 3.63) is 34.4 Å². The average Bonchev–Trinajstić information content (AvgIpc) is 3.35. The van der Waals surface area contributed by atoms with E-state index in [2.05, 4.69) is 32.4 Å². The van der Waals surface area contributed by atoms with Gasteiger partial charge in [0.25, 0.3) is 5.91 Å². The van der Waals surface area contributed by atoms with Crippen molar-refractivity contribution < 1.29 is 31.8 Å². The number of nitrogens with one attached hydrogen (secondary N) is 2. The summed E-state index contributed by atoms with van der Waals surface area (Å²) in [4.78, 5) is 29.1. The summed E-state index contributed by atoms with van der Waals surface area (Å²) in [6, 6.07) is 0.730. The van der Waals surface area contributed by atoms with Crippen molar-refractivity contribution in [1.82, 2.24) is 25.6 Å². The minimum absolute atomic E-state index is 0.00257. The number of ether oxygens (including phenoxy) is 2. The van der Waals surface area contributed by atoms with E-state index in [-0.39, 0.29) is 57.3 Å². The minimum Gasteiger partial charge on any atom is -0.472 e. The van der Waals surface area contributed by atoms with Crippen molar-refractivity contribution in [3.8, 4) is 17.1 Å². The van der Waals surface area contributed by atoms with E-state index in [0.717, 1.165) is 25.3 Å². The Morgan fingerprint density at radius 2 is 2.00 bits per heavy atom. The molecule has 3 aromatic rings. The lowest BCUT2D eigenvalue weighted by molar-refractivity contribution is -0.137. The molecule has 45 heavy (non-hydrogen) atoms. The van der Waals surface area contributed by atoms with Crippen LogP contribution < -0.4 is 26.0 Å². The minimum atomic E-state index is -4.88. The molecular formula is C31H33F4N7O3. The summed E-state index contributed by atoms with van der Waals surface area (Å²) in [5.41, 5.74) is 2.63. The first-order valence-electron chi connectivity index (χ1n) is 15.2. The van der Waals surface area contributed by atoms with Crippen LogP contribution in [0.4, 0.5) is 29.2 Å². The van der Waals surface area contributed by atoms with Crippen molar-refractivity contribution >= 4 is 28.3 Å². The Morgan fingerprint density at radius 1 is 1.22 bits per heavy atom. The number of piperazine rings is 1. The number of nitrogens with zero attached hydrogens (tertiary/aromatic N) is 4. The van der Waals surface area contributed by atoms with Crippen LogP contribution in [0.15, 0.2) is 6.07 Å². The fourth-order valence-electron chi connectivity index (χ4n) is 8.22. The van der Waals surface area contributed by atoms with Crippen LogP contribution in [0.1, 0.15) is 60.4 Å². The first-order chi connectivity index (χ1) is 21.2. The van der Waals surface area contributed by atoms with E-state index in [1.165, 1.54) is 6.92 Å². The Morgan fingerprint density at radius 3 is 2.69 bits per heavy atom. The normalized spacial score (nSPS) is 31.3. The molecule has 8 rings (SSSR count).